The lowest BCUT2D eigenvalue weighted by Gasteiger charge is -2.49. The average Bonchev–Trinajstić information content (AvgIpc) is 2.92. The Kier molecular flexibility index (Phi) is 5.40. The van der Waals surface area contributed by atoms with Crippen LogP contribution in [0.15, 0.2) is 12.2 Å². The minimum atomic E-state index is 0.0582. The number of hydrogen-bond donors (Lipinski definition) is 2. The van der Waals surface area contributed by atoms with Crippen LogP contribution in [0.4, 0.5) is 0 Å². The topological polar surface area (TPSA) is 56.6 Å². The van der Waals surface area contributed by atoms with Crippen molar-refractivity contribution in [1.29, 1.82) is 0 Å². The van der Waals surface area contributed by atoms with Gasteiger partial charge in [-0.15, -0.1) is 0 Å². The summed E-state index contributed by atoms with van der Waals surface area (Å²) in [6.07, 6.45) is 5.99. The van der Waals surface area contributed by atoms with Crippen molar-refractivity contribution in [2.45, 2.75) is 45.1 Å². The normalized spacial score (nSPS) is 40.8. The van der Waals surface area contributed by atoms with Crippen LogP contribution in [-0.2, 0) is 14.3 Å². The van der Waals surface area contributed by atoms with Crippen molar-refractivity contribution in [2.24, 2.45) is 23.2 Å². The number of esters is 1. The summed E-state index contributed by atoms with van der Waals surface area (Å²) in [6.45, 7) is 13.9. The fraction of sp³-hybridized carbons (Fsp3) is 0.857. The van der Waals surface area contributed by atoms with Gasteiger partial charge in [-0.2, -0.15) is 0 Å². The molecule has 2 heterocycles. The molecule has 4 fully saturated rings. The third kappa shape index (κ3) is 3.58. The summed E-state index contributed by atoms with van der Waals surface area (Å²) in [4.78, 5) is 14.2. The summed E-state index contributed by atoms with van der Waals surface area (Å²) in [5.41, 5.74) is 1.73. The zero-order valence-electron chi connectivity index (χ0n) is 16.3. The summed E-state index contributed by atoms with van der Waals surface area (Å²) in [5, 5.41) is 2.35. The molecule has 5 nitrogen and oxygen atoms in total. The Bertz CT molecular complexity index is 545. The molecule has 0 aromatic rings. The summed E-state index contributed by atoms with van der Waals surface area (Å²) >= 11 is 0. The van der Waals surface area contributed by atoms with E-state index in [1.165, 1.54) is 24.8 Å². The fourth-order valence-electron chi connectivity index (χ4n) is 6.04. The third-order valence-electron chi connectivity index (χ3n) is 7.64. The largest absolute Gasteiger partial charge is 0.462 e. The van der Waals surface area contributed by atoms with Crippen molar-refractivity contribution in [3.8, 4) is 0 Å². The predicted molar refractivity (Wildman–Crippen MR) is 98.7 cm³/mol. The first-order valence-corrected chi connectivity index (χ1v) is 10.7. The van der Waals surface area contributed by atoms with Crippen LogP contribution in [0.2, 0.25) is 0 Å². The van der Waals surface area contributed by atoms with Crippen molar-refractivity contribution >= 4 is 5.97 Å². The van der Waals surface area contributed by atoms with Crippen LogP contribution in [0.5, 0.6) is 0 Å². The van der Waals surface area contributed by atoms with Gasteiger partial charge in [0.25, 0.3) is 0 Å². The van der Waals surface area contributed by atoms with E-state index in [2.05, 4.69) is 18.8 Å². The quantitative estimate of drug-likeness (QED) is 0.403. The fourth-order valence-corrected chi connectivity index (χ4v) is 6.04. The van der Waals surface area contributed by atoms with E-state index in [9.17, 15) is 4.79 Å². The number of rotatable bonds is 5. The van der Waals surface area contributed by atoms with E-state index in [4.69, 9.17) is 9.47 Å². The van der Waals surface area contributed by atoms with Crippen molar-refractivity contribution in [3.63, 3.8) is 0 Å². The lowest BCUT2D eigenvalue weighted by atomic mass is 9.55. The number of ether oxygens (including phenoxy) is 2. The SMILES string of the molecule is C=C1CCC[C@]2(C)C[C@H]3OC(=O)[C@H](C[NH2+]CC[NH+]4CCOCC4)[C@H]3C[C@H]12. The predicted octanol–water partition coefficient (Wildman–Crippen LogP) is -0.221. The van der Waals surface area contributed by atoms with Crippen LogP contribution in [0.1, 0.15) is 39.0 Å². The van der Waals surface area contributed by atoms with Gasteiger partial charge >= 0.3 is 5.97 Å². The molecular formula is C21H36N2O3+2. The smallest absolute Gasteiger partial charge is 0.315 e. The highest BCUT2D eigenvalue weighted by atomic mass is 16.6. The van der Waals surface area contributed by atoms with Crippen LogP contribution in [0.25, 0.3) is 0 Å². The van der Waals surface area contributed by atoms with Gasteiger partial charge in [-0.05, 0) is 43.4 Å². The molecule has 2 aliphatic heterocycles. The number of allylic oxidation sites excluding steroid dienone is 1. The molecule has 2 aliphatic carbocycles. The van der Waals surface area contributed by atoms with Gasteiger partial charge < -0.3 is 19.7 Å². The number of hydrogen-bond acceptors (Lipinski definition) is 3. The lowest BCUT2D eigenvalue weighted by molar-refractivity contribution is -0.919. The van der Waals surface area contributed by atoms with E-state index in [-0.39, 0.29) is 18.0 Å². The molecule has 5 heteroatoms. The molecular weight excluding hydrogens is 328 g/mol. The highest BCUT2D eigenvalue weighted by Gasteiger charge is 2.55. The van der Waals surface area contributed by atoms with Gasteiger partial charge in [-0.25, -0.2) is 0 Å². The number of morpholine rings is 1. The second-order valence-corrected chi connectivity index (χ2v) is 9.33. The zero-order valence-corrected chi connectivity index (χ0v) is 16.3. The van der Waals surface area contributed by atoms with E-state index in [0.717, 1.165) is 58.8 Å². The molecule has 0 aromatic carbocycles. The summed E-state index contributed by atoms with van der Waals surface area (Å²) in [5.74, 6) is 1.14. The molecule has 0 radical (unpaired) electrons. The molecule has 0 bridgehead atoms. The first-order valence-electron chi connectivity index (χ1n) is 10.7. The number of carbonyl (C=O) groups excluding carboxylic acids is 1. The number of fused-ring (bicyclic) bond motifs is 2. The minimum absolute atomic E-state index is 0.0582. The van der Waals surface area contributed by atoms with E-state index >= 15 is 0 Å². The Morgan fingerprint density at radius 2 is 2.15 bits per heavy atom. The van der Waals surface area contributed by atoms with E-state index in [1.54, 1.807) is 4.90 Å². The highest BCUT2D eigenvalue weighted by molar-refractivity contribution is 5.75. The molecule has 0 aromatic heterocycles. The molecule has 146 valence electrons. The molecule has 2 saturated heterocycles. The van der Waals surface area contributed by atoms with Crippen molar-refractivity contribution in [1.82, 2.24) is 0 Å². The highest BCUT2D eigenvalue weighted by Crippen LogP contribution is 2.56. The van der Waals surface area contributed by atoms with E-state index in [1.807, 2.05) is 0 Å². The number of carbonyl (C=O) groups is 1. The standard InChI is InChI=1S/C21H34N2O3/c1-15-4-3-5-21(2)13-19-16(12-18(15)21)17(20(24)26-19)14-22-6-7-23-8-10-25-11-9-23/h16-19,22H,1,3-14H2,2H3/p+2/t16-,17-,18-,19-,21-/m1/s1. The van der Waals surface area contributed by atoms with Crippen LogP contribution in [0, 0.1) is 23.2 Å². The molecule has 3 N–H and O–H groups in total. The average molecular weight is 365 g/mol. The van der Waals surface area contributed by atoms with Gasteiger partial charge in [0, 0.05) is 5.92 Å². The molecule has 4 rings (SSSR count). The van der Waals surface area contributed by atoms with Crippen molar-refractivity contribution in [3.05, 3.63) is 12.2 Å². The number of nitrogens with one attached hydrogen (secondary N) is 1. The zero-order chi connectivity index (χ0) is 18.1. The van der Waals surface area contributed by atoms with Crippen LogP contribution >= 0.6 is 0 Å². The third-order valence-corrected chi connectivity index (χ3v) is 7.64. The molecule has 5 atom stereocenters. The molecule has 0 spiro atoms. The Morgan fingerprint density at radius 1 is 1.35 bits per heavy atom. The maximum absolute atomic E-state index is 12.5. The molecule has 2 saturated carbocycles. The van der Waals surface area contributed by atoms with Gasteiger partial charge in [-0.1, -0.05) is 19.1 Å². The van der Waals surface area contributed by atoms with Gasteiger partial charge in [0.15, 0.2) is 0 Å². The second-order valence-electron chi connectivity index (χ2n) is 9.33. The van der Waals surface area contributed by atoms with Gasteiger partial charge in [0.1, 0.15) is 38.2 Å². The second kappa shape index (κ2) is 7.61. The van der Waals surface area contributed by atoms with E-state index < -0.39 is 0 Å². The Labute approximate surface area is 157 Å². The minimum Gasteiger partial charge on any atom is -0.462 e. The summed E-state index contributed by atoms with van der Waals surface area (Å²) in [7, 11) is 0. The van der Waals surface area contributed by atoms with E-state index in [0.29, 0.717) is 17.3 Å². The lowest BCUT2D eigenvalue weighted by Crippen LogP contribution is -3.16. The summed E-state index contributed by atoms with van der Waals surface area (Å²) in [6, 6.07) is 0. The maximum atomic E-state index is 12.5. The number of nitrogens with two attached hydrogens (primary N) is 1. The molecule has 0 unspecified atom stereocenters. The molecule has 0 amide bonds. The van der Waals surface area contributed by atoms with Crippen molar-refractivity contribution < 1.29 is 24.5 Å². The summed E-state index contributed by atoms with van der Waals surface area (Å²) < 4.78 is 11.3. The van der Waals surface area contributed by atoms with Gasteiger partial charge in [0.2, 0.25) is 0 Å². The Balaban J connectivity index is 1.31. The number of quaternary nitrogens is 2. The molecule has 26 heavy (non-hydrogen) atoms. The monoisotopic (exact) mass is 364 g/mol. The maximum Gasteiger partial charge on any atom is 0.315 e. The van der Waals surface area contributed by atoms with Crippen LogP contribution < -0.4 is 10.2 Å². The van der Waals surface area contributed by atoms with Crippen molar-refractivity contribution in [2.75, 3.05) is 45.9 Å². The van der Waals surface area contributed by atoms with Crippen LogP contribution in [-0.4, -0.2) is 58.0 Å². The van der Waals surface area contributed by atoms with Crippen LogP contribution in [0.3, 0.4) is 0 Å². The Morgan fingerprint density at radius 3 is 2.96 bits per heavy atom. The molecule has 4 aliphatic rings. The first kappa shape index (κ1) is 18.5. The Hall–Kier alpha value is -0.910. The van der Waals surface area contributed by atoms with Gasteiger partial charge in [0.05, 0.1) is 19.8 Å². The first-order chi connectivity index (χ1) is 12.6. The van der Waals surface area contributed by atoms with Gasteiger partial charge in [-0.3, -0.25) is 4.79 Å².